The molecule has 0 radical (unpaired) electrons. The molecular formula is C28H22ClF2N3O2S3. The topological polar surface area (TPSA) is 62.3 Å². The van der Waals surface area contributed by atoms with Crippen molar-refractivity contribution >= 4 is 62.0 Å². The van der Waals surface area contributed by atoms with E-state index >= 15 is 0 Å². The average Bonchev–Trinajstić information content (AvgIpc) is 2.94. The van der Waals surface area contributed by atoms with Gasteiger partial charge in [-0.15, -0.1) is 0 Å². The number of hydrogen-bond donors (Lipinski definition) is 1. The maximum atomic E-state index is 14.8. The number of anilines is 1. The molecule has 0 saturated carbocycles. The number of nitrogens with one attached hydrogen (secondary N) is 1. The fourth-order valence-corrected chi connectivity index (χ4v) is 6.07. The molecule has 0 spiro atoms. The van der Waals surface area contributed by atoms with Crippen LogP contribution in [0.5, 0.6) is 0 Å². The third kappa shape index (κ3) is 6.65. The zero-order chi connectivity index (χ0) is 28.2. The summed E-state index contributed by atoms with van der Waals surface area (Å²) in [7, 11) is -2.38. The Balaban J connectivity index is 1.59. The number of pyridine rings is 1. The van der Waals surface area contributed by atoms with Crippen molar-refractivity contribution in [2.75, 3.05) is 11.9 Å². The maximum Gasteiger partial charge on any atom is 0.191 e. The number of rotatable bonds is 9. The second kappa shape index (κ2) is 12.3. The van der Waals surface area contributed by atoms with E-state index in [2.05, 4.69) is 10.3 Å². The van der Waals surface area contributed by atoms with Gasteiger partial charge in [0.1, 0.15) is 21.9 Å². The van der Waals surface area contributed by atoms with Crippen LogP contribution in [-0.2, 0) is 16.4 Å². The van der Waals surface area contributed by atoms with Crippen molar-refractivity contribution in [3.63, 3.8) is 0 Å². The summed E-state index contributed by atoms with van der Waals surface area (Å²) in [4.78, 5) is 6.55. The van der Waals surface area contributed by atoms with Crippen molar-refractivity contribution in [1.82, 2.24) is 10.3 Å². The van der Waals surface area contributed by atoms with E-state index < -0.39 is 26.7 Å². The fourth-order valence-electron chi connectivity index (χ4n) is 3.85. The Hall–Kier alpha value is -3.31. The second-order valence-electron chi connectivity index (χ2n) is 8.58. The molecule has 1 N–H and O–H groups in total. The molecule has 0 aliphatic carbocycles. The number of thiocarbonyl (C=S) groups is 2. The van der Waals surface area contributed by atoms with Crippen molar-refractivity contribution in [2.45, 2.75) is 16.7 Å². The normalized spacial score (nSPS) is 12.0. The Kier molecular flexibility index (Phi) is 9.01. The Morgan fingerprint density at radius 1 is 1.05 bits per heavy atom. The molecule has 0 amide bonds. The monoisotopic (exact) mass is 601 g/mol. The molecule has 1 heterocycles. The number of benzene rings is 3. The van der Waals surface area contributed by atoms with Gasteiger partial charge in [-0.05, 0) is 78.4 Å². The predicted octanol–water partition coefficient (Wildman–Crippen LogP) is 6.44. The van der Waals surface area contributed by atoms with Gasteiger partial charge >= 0.3 is 0 Å². The molecule has 0 bridgehead atoms. The maximum absolute atomic E-state index is 14.8. The minimum absolute atomic E-state index is 0.0408. The summed E-state index contributed by atoms with van der Waals surface area (Å²) in [6.45, 7) is 0.316. The van der Waals surface area contributed by atoms with Crippen LogP contribution in [0.1, 0.15) is 27.6 Å². The molecule has 0 aliphatic rings. The molecule has 11 heteroatoms. The van der Waals surface area contributed by atoms with E-state index in [1.165, 1.54) is 42.0 Å². The lowest BCUT2D eigenvalue weighted by Gasteiger charge is -2.19. The first-order chi connectivity index (χ1) is 18.6. The summed E-state index contributed by atoms with van der Waals surface area (Å²) < 4.78 is 56.2. The average molecular weight is 602 g/mol. The molecule has 4 rings (SSSR count). The van der Waals surface area contributed by atoms with Crippen molar-refractivity contribution in [3.05, 3.63) is 124 Å². The Labute approximate surface area is 241 Å². The molecule has 1 aromatic heterocycles. The third-order valence-corrected chi connectivity index (χ3v) is 8.95. The molecule has 1 unspecified atom stereocenters. The summed E-state index contributed by atoms with van der Waals surface area (Å²) in [6.07, 6.45) is 1.48. The highest BCUT2D eigenvalue weighted by atomic mass is 35.5. The minimum atomic E-state index is -4.23. The minimum Gasteiger partial charge on any atom is -0.372 e. The van der Waals surface area contributed by atoms with Crippen LogP contribution >= 0.6 is 36.0 Å². The predicted molar refractivity (Wildman–Crippen MR) is 158 cm³/mol. The van der Waals surface area contributed by atoms with Gasteiger partial charge in [0.15, 0.2) is 9.84 Å². The van der Waals surface area contributed by atoms with E-state index in [-0.39, 0.29) is 16.2 Å². The molecule has 39 heavy (non-hydrogen) atoms. The summed E-state index contributed by atoms with van der Waals surface area (Å²) in [5.41, 5.74) is 3.68. The smallest absolute Gasteiger partial charge is 0.191 e. The summed E-state index contributed by atoms with van der Waals surface area (Å²) in [5, 5.41) is 1.90. The van der Waals surface area contributed by atoms with Gasteiger partial charge in [-0.1, -0.05) is 42.1 Å². The van der Waals surface area contributed by atoms with Crippen molar-refractivity contribution in [3.8, 4) is 0 Å². The van der Waals surface area contributed by atoms with Crippen LogP contribution in [0.4, 0.5) is 14.5 Å². The molecule has 0 saturated heterocycles. The van der Waals surface area contributed by atoms with E-state index in [1.54, 1.807) is 11.0 Å². The van der Waals surface area contributed by atoms with Crippen LogP contribution in [0, 0.1) is 11.6 Å². The fraction of sp³-hybridized carbons (Fsp3) is 0.107. The first kappa shape index (κ1) is 28.7. The molecule has 3 aromatic carbocycles. The van der Waals surface area contributed by atoms with Gasteiger partial charge in [0.25, 0.3) is 0 Å². The van der Waals surface area contributed by atoms with Gasteiger partial charge in [0.05, 0.1) is 16.1 Å². The zero-order valence-corrected chi connectivity index (χ0v) is 23.7. The van der Waals surface area contributed by atoms with Crippen LogP contribution in [0.15, 0.2) is 90.0 Å². The Morgan fingerprint density at radius 3 is 2.36 bits per heavy atom. The molecule has 0 aliphatic heterocycles. The largest absolute Gasteiger partial charge is 0.372 e. The van der Waals surface area contributed by atoms with Crippen molar-refractivity contribution < 1.29 is 17.2 Å². The number of halogens is 3. The van der Waals surface area contributed by atoms with Crippen LogP contribution in [0.25, 0.3) is 0 Å². The highest BCUT2D eigenvalue weighted by molar-refractivity contribution is 7.92. The lowest BCUT2D eigenvalue weighted by molar-refractivity contribution is 0.568. The highest BCUT2D eigenvalue weighted by Crippen LogP contribution is 2.36. The first-order valence-electron chi connectivity index (χ1n) is 11.6. The molecule has 200 valence electrons. The molecule has 0 fully saturated rings. The number of nitrogens with zero attached hydrogens (tertiary/aromatic N) is 2. The van der Waals surface area contributed by atoms with Gasteiger partial charge in [-0.3, -0.25) is 4.98 Å². The Bertz CT molecular complexity index is 1600. The number of sulfone groups is 1. The zero-order valence-electron chi connectivity index (χ0n) is 20.5. The van der Waals surface area contributed by atoms with Gasteiger partial charge in [0, 0.05) is 41.6 Å². The first-order valence-corrected chi connectivity index (χ1v) is 14.4. The van der Waals surface area contributed by atoms with Crippen LogP contribution in [0.3, 0.4) is 0 Å². The van der Waals surface area contributed by atoms with Gasteiger partial charge in [-0.25, -0.2) is 17.2 Å². The van der Waals surface area contributed by atoms with Gasteiger partial charge < -0.3 is 10.2 Å². The SMILES string of the molecule is CN(C=S)c1ccc(C(=S)NCc2ccc(C(c3cc(F)ccc3F)S(=O)(=O)c3ccc(Cl)cc3)nc2)cc1. The van der Waals surface area contributed by atoms with Crippen molar-refractivity contribution in [2.24, 2.45) is 0 Å². The van der Waals surface area contributed by atoms with E-state index in [4.69, 9.17) is 36.0 Å². The van der Waals surface area contributed by atoms with Gasteiger partial charge in [0.2, 0.25) is 0 Å². The molecule has 4 aromatic rings. The lowest BCUT2D eigenvalue weighted by atomic mass is 10.1. The van der Waals surface area contributed by atoms with E-state index in [0.717, 1.165) is 29.4 Å². The van der Waals surface area contributed by atoms with E-state index in [0.29, 0.717) is 22.1 Å². The standard InChI is InChI=1S/C28H22ClF2N3O2S3/c1-34(17-37)22-8-3-19(4-9-22)28(38)33-16-18-2-13-26(32-15-18)27(24-14-21(30)7-12-25(24)31)39(35,36)23-10-5-20(29)6-11-23/h2-15,17,27H,16H2,1H3,(H,33,38). The third-order valence-electron chi connectivity index (χ3n) is 5.96. The van der Waals surface area contributed by atoms with Crippen LogP contribution < -0.4 is 10.2 Å². The highest BCUT2D eigenvalue weighted by Gasteiger charge is 2.34. The number of hydrogen-bond acceptors (Lipinski definition) is 5. The van der Waals surface area contributed by atoms with E-state index in [9.17, 15) is 17.2 Å². The van der Waals surface area contributed by atoms with Gasteiger partial charge in [-0.2, -0.15) is 0 Å². The molecule has 5 nitrogen and oxygen atoms in total. The Morgan fingerprint density at radius 2 is 1.74 bits per heavy atom. The molecule has 1 atom stereocenters. The lowest BCUT2D eigenvalue weighted by Crippen LogP contribution is -2.22. The molecular weight excluding hydrogens is 580 g/mol. The summed E-state index contributed by atoms with van der Waals surface area (Å²) in [6, 6.07) is 18.9. The van der Waals surface area contributed by atoms with Crippen molar-refractivity contribution in [1.29, 1.82) is 0 Å². The van der Waals surface area contributed by atoms with Crippen LogP contribution in [-0.4, -0.2) is 30.9 Å². The van der Waals surface area contributed by atoms with E-state index in [1.807, 2.05) is 31.3 Å². The van der Waals surface area contributed by atoms with Crippen LogP contribution in [0.2, 0.25) is 5.02 Å². The summed E-state index contributed by atoms with van der Waals surface area (Å²) >= 11 is 16.3. The summed E-state index contributed by atoms with van der Waals surface area (Å²) in [5.74, 6) is -1.63. The quantitative estimate of drug-likeness (QED) is 0.222. The number of aromatic nitrogens is 1. The second-order valence-corrected chi connectivity index (χ2v) is 11.7.